The van der Waals surface area contributed by atoms with Crippen LogP contribution in [0.4, 0.5) is 13.2 Å². The van der Waals surface area contributed by atoms with E-state index in [1.807, 2.05) is 18.2 Å². The van der Waals surface area contributed by atoms with Gasteiger partial charge in [0.2, 0.25) is 0 Å². The van der Waals surface area contributed by atoms with Crippen LogP contribution in [0, 0.1) is 17.5 Å². The molecule has 0 radical (unpaired) electrons. The van der Waals surface area contributed by atoms with Crippen molar-refractivity contribution < 1.29 is 18.3 Å². The van der Waals surface area contributed by atoms with Gasteiger partial charge in [0, 0.05) is 6.04 Å². The molecular formula is C18H18F3NO. The van der Waals surface area contributed by atoms with Gasteiger partial charge in [-0.25, -0.2) is 13.2 Å². The molecule has 2 N–H and O–H groups in total. The van der Waals surface area contributed by atoms with E-state index in [9.17, 15) is 18.3 Å². The van der Waals surface area contributed by atoms with E-state index >= 15 is 0 Å². The van der Waals surface area contributed by atoms with Crippen molar-refractivity contribution in [2.45, 2.75) is 31.3 Å². The van der Waals surface area contributed by atoms with Crippen molar-refractivity contribution >= 4 is 0 Å². The van der Waals surface area contributed by atoms with E-state index in [-0.39, 0.29) is 18.2 Å². The van der Waals surface area contributed by atoms with Crippen molar-refractivity contribution in [3.63, 3.8) is 0 Å². The molecule has 0 aromatic heterocycles. The number of nitrogens with one attached hydrogen (secondary N) is 1. The Morgan fingerprint density at radius 1 is 1.13 bits per heavy atom. The zero-order valence-electron chi connectivity index (χ0n) is 12.5. The second-order valence-corrected chi connectivity index (χ2v) is 5.84. The monoisotopic (exact) mass is 321 g/mol. The summed E-state index contributed by atoms with van der Waals surface area (Å²) in [5, 5.41) is 12.9. The number of hydrogen-bond acceptors (Lipinski definition) is 2. The Balaban J connectivity index is 1.86. The van der Waals surface area contributed by atoms with Gasteiger partial charge in [0.1, 0.15) is 0 Å². The van der Waals surface area contributed by atoms with Crippen LogP contribution in [0.5, 0.6) is 0 Å². The van der Waals surface area contributed by atoms with Gasteiger partial charge < -0.3 is 10.4 Å². The number of rotatable bonds is 4. The van der Waals surface area contributed by atoms with Gasteiger partial charge in [0.05, 0.1) is 12.6 Å². The first-order valence-corrected chi connectivity index (χ1v) is 7.69. The van der Waals surface area contributed by atoms with Gasteiger partial charge in [-0.05, 0) is 48.1 Å². The normalized spacial score (nSPS) is 18.5. The van der Waals surface area contributed by atoms with E-state index in [2.05, 4.69) is 11.4 Å². The fraction of sp³-hybridized carbons (Fsp3) is 0.333. The molecule has 2 aromatic rings. The number of aryl methyl sites for hydroxylation is 1. The highest BCUT2D eigenvalue weighted by molar-refractivity contribution is 5.33. The summed E-state index contributed by atoms with van der Waals surface area (Å²) in [4.78, 5) is 0. The van der Waals surface area contributed by atoms with E-state index < -0.39 is 23.5 Å². The van der Waals surface area contributed by atoms with Crippen LogP contribution < -0.4 is 5.32 Å². The maximum Gasteiger partial charge on any atom is 0.194 e. The van der Waals surface area contributed by atoms with E-state index in [4.69, 9.17) is 0 Å². The van der Waals surface area contributed by atoms with Crippen molar-refractivity contribution in [2.75, 3.05) is 6.61 Å². The molecule has 2 nitrogen and oxygen atoms in total. The number of fused-ring (bicyclic) bond motifs is 1. The summed E-state index contributed by atoms with van der Waals surface area (Å²) in [5.74, 6) is -3.98. The second kappa shape index (κ2) is 6.72. The summed E-state index contributed by atoms with van der Waals surface area (Å²) in [7, 11) is 0. The lowest BCUT2D eigenvalue weighted by atomic mass is 9.87. The fourth-order valence-electron chi connectivity index (χ4n) is 3.20. The molecule has 23 heavy (non-hydrogen) atoms. The smallest absolute Gasteiger partial charge is 0.194 e. The number of halogens is 3. The van der Waals surface area contributed by atoms with Crippen LogP contribution in [-0.2, 0) is 6.42 Å². The van der Waals surface area contributed by atoms with Gasteiger partial charge >= 0.3 is 0 Å². The van der Waals surface area contributed by atoms with Gasteiger partial charge in [0.15, 0.2) is 17.5 Å². The highest BCUT2D eigenvalue weighted by Crippen LogP contribution is 2.32. The third-order valence-electron chi connectivity index (χ3n) is 4.36. The Morgan fingerprint density at radius 2 is 1.83 bits per heavy atom. The Morgan fingerprint density at radius 3 is 2.52 bits per heavy atom. The molecule has 122 valence electrons. The number of aliphatic hydroxyl groups is 1. The van der Waals surface area contributed by atoms with Crippen LogP contribution in [0.25, 0.3) is 0 Å². The molecule has 2 atom stereocenters. The minimum Gasteiger partial charge on any atom is -0.394 e. The van der Waals surface area contributed by atoms with E-state index in [0.29, 0.717) is 0 Å². The molecular weight excluding hydrogens is 303 g/mol. The SMILES string of the molecule is OCC(NC1CCCc2ccccc21)c1cc(F)c(F)c(F)c1. The highest BCUT2D eigenvalue weighted by atomic mass is 19.2. The Labute approximate surface area is 133 Å². The largest absolute Gasteiger partial charge is 0.394 e. The summed E-state index contributed by atoms with van der Waals surface area (Å²) in [6.45, 7) is -0.330. The molecule has 0 saturated carbocycles. The third-order valence-corrected chi connectivity index (χ3v) is 4.36. The van der Waals surface area contributed by atoms with Crippen molar-refractivity contribution in [2.24, 2.45) is 0 Å². The van der Waals surface area contributed by atoms with Gasteiger partial charge in [0.25, 0.3) is 0 Å². The number of aliphatic hydroxyl groups excluding tert-OH is 1. The van der Waals surface area contributed by atoms with Gasteiger partial charge in [-0.15, -0.1) is 0 Å². The lowest BCUT2D eigenvalue weighted by Gasteiger charge is -2.30. The van der Waals surface area contributed by atoms with Crippen LogP contribution in [0.2, 0.25) is 0 Å². The number of benzene rings is 2. The summed E-state index contributed by atoms with van der Waals surface area (Å²) in [6, 6.07) is 9.21. The van der Waals surface area contributed by atoms with Crippen LogP contribution >= 0.6 is 0 Å². The van der Waals surface area contributed by atoms with Gasteiger partial charge in [-0.2, -0.15) is 0 Å². The first-order chi connectivity index (χ1) is 11.1. The molecule has 1 aliphatic rings. The topological polar surface area (TPSA) is 32.3 Å². The zero-order valence-corrected chi connectivity index (χ0v) is 12.5. The molecule has 0 bridgehead atoms. The molecule has 0 heterocycles. The van der Waals surface area contributed by atoms with Gasteiger partial charge in [-0.1, -0.05) is 24.3 Å². The molecule has 0 amide bonds. The first kappa shape index (κ1) is 16.0. The van der Waals surface area contributed by atoms with E-state index in [1.54, 1.807) is 0 Å². The summed E-state index contributed by atoms with van der Waals surface area (Å²) < 4.78 is 40.0. The highest BCUT2D eigenvalue weighted by Gasteiger charge is 2.24. The van der Waals surface area contributed by atoms with Crippen molar-refractivity contribution in [3.05, 3.63) is 70.5 Å². The molecule has 5 heteroatoms. The quantitative estimate of drug-likeness (QED) is 0.840. The van der Waals surface area contributed by atoms with Crippen LogP contribution in [0.3, 0.4) is 0 Å². The minimum absolute atomic E-state index is 0.00623. The first-order valence-electron chi connectivity index (χ1n) is 7.69. The van der Waals surface area contributed by atoms with E-state index in [0.717, 1.165) is 37.0 Å². The lowest BCUT2D eigenvalue weighted by molar-refractivity contribution is 0.227. The molecule has 0 aliphatic heterocycles. The molecule has 0 fully saturated rings. The van der Waals surface area contributed by atoms with Crippen molar-refractivity contribution in [1.82, 2.24) is 5.32 Å². The Hall–Kier alpha value is -1.85. The van der Waals surface area contributed by atoms with Gasteiger partial charge in [-0.3, -0.25) is 0 Å². The standard InChI is InChI=1S/C18H18F3NO/c19-14-8-12(9-15(20)18(14)21)17(10-23)22-16-7-3-5-11-4-1-2-6-13(11)16/h1-2,4,6,8-9,16-17,22-23H,3,5,7,10H2. The predicted octanol–water partition coefficient (Wildman–Crippen LogP) is 3.80. The lowest BCUT2D eigenvalue weighted by Crippen LogP contribution is -2.31. The van der Waals surface area contributed by atoms with Crippen molar-refractivity contribution in [1.29, 1.82) is 0 Å². The maximum atomic E-state index is 13.4. The molecule has 2 aromatic carbocycles. The second-order valence-electron chi connectivity index (χ2n) is 5.84. The molecule has 0 saturated heterocycles. The third kappa shape index (κ3) is 3.26. The van der Waals surface area contributed by atoms with Crippen molar-refractivity contribution in [3.8, 4) is 0 Å². The Kier molecular flexibility index (Phi) is 4.68. The predicted molar refractivity (Wildman–Crippen MR) is 81.4 cm³/mol. The molecule has 2 unspecified atom stereocenters. The summed E-state index contributed by atoms with van der Waals surface area (Å²) in [5.41, 5.74) is 2.58. The molecule has 0 spiro atoms. The average molecular weight is 321 g/mol. The fourth-order valence-corrected chi connectivity index (χ4v) is 3.20. The average Bonchev–Trinajstić information content (AvgIpc) is 2.57. The Bertz CT molecular complexity index is 681. The summed E-state index contributed by atoms with van der Waals surface area (Å²) in [6.07, 6.45) is 2.87. The van der Waals surface area contributed by atoms with Crippen LogP contribution in [-0.4, -0.2) is 11.7 Å². The van der Waals surface area contributed by atoms with Crippen LogP contribution in [0.15, 0.2) is 36.4 Å². The maximum absolute atomic E-state index is 13.4. The molecule has 1 aliphatic carbocycles. The molecule has 3 rings (SSSR count). The summed E-state index contributed by atoms with van der Waals surface area (Å²) >= 11 is 0. The number of hydrogen-bond donors (Lipinski definition) is 2. The van der Waals surface area contributed by atoms with E-state index in [1.165, 1.54) is 5.56 Å². The van der Waals surface area contributed by atoms with Crippen LogP contribution in [0.1, 0.15) is 41.6 Å². The zero-order chi connectivity index (χ0) is 16.4. The minimum atomic E-state index is -1.49.